The van der Waals surface area contributed by atoms with Crippen molar-refractivity contribution in [3.8, 4) is 0 Å². The lowest BCUT2D eigenvalue weighted by Gasteiger charge is -2.24. The normalized spacial score (nSPS) is 21.9. The number of hydrogen-bond acceptors (Lipinski definition) is 5. The summed E-state index contributed by atoms with van der Waals surface area (Å²) in [6.07, 6.45) is 3.97. The van der Waals surface area contributed by atoms with Crippen molar-refractivity contribution < 1.29 is 9.59 Å². The molecule has 0 spiro atoms. The largest absolute Gasteiger partial charge is 0.338 e. The Morgan fingerprint density at radius 2 is 2.32 bits per heavy atom. The Hall–Kier alpha value is -1.47. The maximum atomic E-state index is 12.5. The van der Waals surface area contributed by atoms with Crippen LogP contribution in [0.15, 0.2) is 5.38 Å². The first-order valence-electron chi connectivity index (χ1n) is 7.88. The predicted octanol–water partition coefficient (Wildman–Crippen LogP) is 1.02. The van der Waals surface area contributed by atoms with Crippen LogP contribution in [0, 0.1) is 0 Å². The fourth-order valence-corrected chi connectivity index (χ4v) is 4.09. The highest BCUT2D eigenvalue weighted by Gasteiger charge is 2.29. The SMILES string of the molecule is CNCC1CCCN1C(=O)Cc1csc(N2CCCC2=O)n1. The molecule has 0 aliphatic carbocycles. The fraction of sp³-hybridized carbons (Fsp3) is 0.667. The molecule has 1 aromatic rings. The number of thiazole rings is 1. The lowest BCUT2D eigenvalue weighted by molar-refractivity contribution is -0.131. The van der Waals surface area contributed by atoms with E-state index < -0.39 is 0 Å². The van der Waals surface area contributed by atoms with Crippen LogP contribution in [0.25, 0.3) is 0 Å². The molecule has 2 amide bonds. The monoisotopic (exact) mass is 322 g/mol. The van der Waals surface area contributed by atoms with Gasteiger partial charge in [0, 0.05) is 37.5 Å². The van der Waals surface area contributed by atoms with E-state index in [9.17, 15) is 9.59 Å². The summed E-state index contributed by atoms with van der Waals surface area (Å²) in [6.45, 7) is 2.43. The highest BCUT2D eigenvalue weighted by molar-refractivity contribution is 7.14. The van der Waals surface area contributed by atoms with E-state index in [4.69, 9.17) is 0 Å². The van der Waals surface area contributed by atoms with Gasteiger partial charge in [0.25, 0.3) is 0 Å². The number of nitrogens with zero attached hydrogens (tertiary/aromatic N) is 3. The number of aromatic nitrogens is 1. The number of carbonyl (C=O) groups excluding carboxylic acids is 2. The maximum Gasteiger partial charge on any atom is 0.228 e. The minimum atomic E-state index is 0.140. The molecule has 3 rings (SSSR count). The first kappa shape index (κ1) is 15.4. The van der Waals surface area contributed by atoms with Crippen LogP contribution < -0.4 is 10.2 Å². The summed E-state index contributed by atoms with van der Waals surface area (Å²) < 4.78 is 0. The van der Waals surface area contributed by atoms with Crippen molar-refractivity contribution >= 4 is 28.3 Å². The van der Waals surface area contributed by atoms with E-state index in [2.05, 4.69) is 10.3 Å². The van der Waals surface area contributed by atoms with Gasteiger partial charge in [-0.05, 0) is 26.3 Å². The first-order chi connectivity index (χ1) is 10.7. The second-order valence-corrected chi connectivity index (χ2v) is 6.72. The average Bonchev–Trinajstić information content (AvgIpc) is 3.20. The van der Waals surface area contributed by atoms with Crippen molar-refractivity contribution in [2.45, 2.75) is 38.1 Å². The van der Waals surface area contributed by atoms with Gasteiger partial charge in [-0.15, -0.1) is 11.3 Å². The lowest BCUT2D eigenvalue weighted by Crippen LogP contribution is -2.41. The van der Waals surface area contributed by atoms with Gasteiger partial charge in [-0.3, -0.25) is 14.5 Å². The highest BCUT2D eigenvalue weighted by atomic mass is 32.1. The molecule has 1 atom stereocenters. The van der Waals surface area contributed by atoms with Gasteiger partial charge < -0.3 is 10.2 Å². The molecule has 6 nitrogen and oxygen atoms in total. The van der Waals surface area contributed by atoms with E-state index >= 15 is 0 Å². The van der Waals surface area contributed by atoms with Gasteiger partial charge in [0.05, 0.1) is 12.1 Å². The predicted molar refractivity (Wildman–Crippen MR) is 86.1 cm³/mol. The van der Waals surface area contributed by atoms with Crippen molar-refractivity contribution in [3.05, 3.63) is 11.1 Å². The van der Waals surface area contributed by atoms with E-state index in [0.717, 1.165) is 49.7 Å². The Morgan fingerprint density at radius 3 is 3.05 bits per heavy atom. The van der Waals surface area contributed by atoms with E-state index in [1.165, 1.54) is 11.3 Å². The van der Waals surface area contributed by atoms with Gasteiger partial charge in [0.1, 0.15) is 0 Å². The summed E-state index contributed by atoms with van der Waals surface area (Å²) in [7, 11) is 1.92. The van der Waals surface area contributed by atoms with E-state index in [1.807, 2.05) is 17.3 Å². The molecule has 0 radical (unpaired) electrons. The van der Waals surface area contributed by atoms with Gasteiger partial charge in [-0.2, -0.15) is 0 Å². The zero-order chi connectivity index (χ0) is 15.5. The molecular weight excluding hydrogens is 300 g/mol. The molecule has 0 aromatic carbocycles. The third-order valence-corrected chi connectivity index (χ3v) is 5.23. The van der Waals surface area contributed by atoms with Crippen molar-refractivity contribution in [2.24, 2.45) is 0 Å². The quantitative estimate of drug-likeness (QED) is 0.879. The van der Waals surface area contributed by atoms with Gasteiger partial charge in [0.15, 0.2) is 5.13 Å². The topological polar surface area (TPSA) is 65.5 Å². The van der Waals surface area contributed by atoms with E-state index in [1.54, 1.807) is 4.90 Å². The summed E-state index contributed by atoms with van der Waals surface area (Å²) in [5, 5.41) is 5.79. The minimum absolute atomic E-state index is 0.140. The molecule has 2 aliphatic rings. The highest BCUT2D eigenvalue weighted by Crippen LogP contribution is 2.26. The zero-order valence-corrected chi connectivity index (χ0v) is 13.7. The standard InChI is InChI=1S/C15H22N4O2S/c1-16-9-12-4-2-6-18(12)14(21)8-11-10-22-15(17-11)19-7-3-5-13(19)20/h10,12,16H,2-9H2,1H3. The third kappa shape index (κ3) is 3.15. The Morgan fingerprint density at radius 1 is 1.45 bits per heavy atom. The number of likely N-dealkylation sites (tertiary alicyclic amines) is 1. The first-order valence-corrected chi connectivity index (χ1v) is 8.76. The van der Waals surface area contributed by atoms with Crippen LogP contribution in [0.4, 0.5) is 5.13 Å². The lowest BCUT2D eigenvalue weighted by atomic mass is 10.2. The van der Waals surface area contributed by atoms with Crippen molar-refractivity contribution in [3.63, 3.8) is 0 Å². The van der Waals surface area contributed by atoms with Crippen LogP contribution in [0.3, 0.4) is 0 Å². The van der Waals surface area contributed by atoms with Crippen LogP contribution in [0.2, 0.25) is 0 Å². The van der Waals surface area contributed by atoms with Crippen molar-refractivity contribution in [1.29, 1.82) is 0 Å². The Bertz CT molecular complexity index is 559. The number of nitrogens with one attached hydrogen (secondary N) is 1. The van der Waals surface area contributed by atoms with Crippen LogP contribution in [0.5, 0.6) is 0 Å². The number of amides is 2. The van der Waals surface area contributed by atoms with Gasteiger partial charge in [-0.25, -0.2) is 4.98 Å². The van der Waals surface area contributed by atoms with E-state index in [0.29, 0.717) is 18.9 Å². The molecule has 3 heterocycles. The summed E-state index contributed by atoms with van der Waals surface area (Å²) in [5.41, 5.74) is 0.778. The van der Waals surface area contributed by atoms with Gasteiger partial charge in [-0.1, -0.05) is 0 Å². The van der Waals surface area contributed by atoms with Crippen molar-refractivity contribution in [2.75, 3.05) is 31.6 Å². The smallest absolute Gasteiger partial charge is 0.228 e. The molecule has 7 heteroatoms. The molecule has 22 heavy (non-hydrogen) atoms. The van der Waals surface area contributed by atoms with Crippen LogP contribution in [-0.2, 0) is 16.0 Å². The summed E-state index contributed by atoms with van der Waals surface area (Å²) >= 11 is 1.46. The molecule has 2 saturated heterocycles. The number of anilines is 1. The van der Waals surface area contributed by atoms with Gasteiger partial charge >= 0.3 is 0 Å². The fourth-order valence-electron chi connectivity index (χ4n) is 3.22. The number of likely N-dealkylation sites (N-methyl/N-ethyl adjacent to an activating group) is 1. The number of carbonyl (C=O) groups is 2. The second kappa shape index (κ2) is 6.75. The number of rotatable bonds is 5. The van der Waals surface area contributed by atoms with Crippen molar-refractivity contribution in [1.82, 2.24) is 15.2 Å². The molecule has 1 aromatic heterocycles. The summed E-state index contributed by atoms with van der Waals surface area (Å²) in [4.78, 5) is 32.4. The molecule has 1 unspecified atom stereocenters. The molecule has 2 fully saturated rings. The third-order valence-electron chi connectivity index (χ3n) is 4.31. The molecule has 0 saturated carbocycles. The maximum absolute atomic E-state index is 12.5. The zero-order valence-electron chi connectivity index (χ0n) is 12.9. The molecule has 2 aliphatic heterocycles. The Labute approximate surface area is 134 Å². The number of hydrogen-bond donors (Lipinski definition) is 1. The summed E-state index contributed by atoms with van der Waals surface area (Å²) in [5.74, 6) is 0.281. The molecule has 120 valence electrons. The van der Waals surface area contributed by atoms with Gasteiger partial charge in [0.2, 0.25) is 11.8 Å². The molecular formula is C15H22N4O2S. The Balaban J connectivity index is 1.62. The Kier molecular flexibility index (Phi) is 4.73. The van der Waals surface area contributed by atoms with E-state index in [-0.39, 0.29) is 11.8 Å². The van der Waals surface area contributed by atoms with Crippen LogP contribution in [0.1, 0.15) is 31.4 Å². The summed E-state index contributed by atoms with van der Waals surface area (Å²) in [6, 6.07) is 0.302. The van der Waals surface area contributed by atoms with Crippen LogP contribution >= 0.6 is 11.3 Å². The second-order valence-electron chi connectivity index (χ2n) is 5.89. The average molecular weight is 322 g/mol. The minimum Gasteiger partial charge on any atom is -0.338 e. The molecule has 1 N–H and O–H groups in total. The van der Waals surface area contributed by atoms with Crippen LogP contribution in [-0.4, -0.2) is 54.4 Å². The molecule has 0 bridgehead atoms.